The van der Waals surface area contributed by atoms with E-state index in [1.54, 1.807) is 22.7 Å². The third kappa shape index (κ3) is 2.29. The van der Waals surface area contributed by atoms with Crippen LogP contribution in [0.2, 0.25) is 5.15 Å². The highest BCUT2D eigenvalue weighted by Gasteiger charge is 2.06. The van der Waals surface area contributed by atoms with E-state index in [0.717, 1.165) is 22.4 Å². The van der Waals surface area contributed by atoms with Crippen LogP contribution in [-0.4, -0.2) is 4.98 Å². The lowest BCUT2D eigenvalue weighted by molar-refractivity contribution is 1.20. The monoisotopic (exact) mass is 280 g/mol. The maximum atomic E-state index is 6.00. The van der Waals surface area contributed by atoms with E-state index in [2.05, 4.69) is 27.8 Å². The van der Waals surface area contributed by atoms with Gasteiger partial charge in [-0.05, 0) is 22.9 Å². The molecule has 3 aromatic rings. The molecule has 0 saturated heterocycles. The molecule has 0 unspecified atom stereocenters. The van der Waals surface area contributed by atoms with Crippen LogP contribution < -0.4 is 5.32 Å². The van der Waals surface area contributed by atoms with E-state index in [9.17, 15) is 0 Å². The summed E-state index contributed by atoms with van der Waals surface area (Å²) in [4.78, 5) is 5.59. The van der Waals surface area contributed by atoms with Crippen molar-refractivity contribution in [1.82, 2.24) is 4.98 Å². The van der Waals surface area contributed by atoms with E-state index in [1.165, 1.54) is 4.88 Å². The van der Waals surface area contributed by atoms with Gasteiger partial charge in [-0.3, -0.25) is 0 Å². The minimum Gasteiger partial charge on any atom is -0.379 e. The third-order valence-corrected chi connectivity index (χ3v) is 4.42. The average molecular weight is 281 g/mol. The minimum absolute atomic E-state index is 0.532. The summed E-state index contributed by atoms with van der Waals surface area (Å²) in [7, 11) is 0. The number of anilines is 1. The Bertz CT molecular complexity index is 631. The lowest BCUT2D eigenvalue weighted by atomic mass is 10.3. The molecule has 0 aromatic carbocycles. The zero-order valence-corrected chi connectivity index (χ0v) is 11.2. The summed E-state index contributed by atoms with van der Waals surface area (Å²) in [6.07, 6.45) is 0. The number of nitrogens with zero attached hydrogens (tertiary/aromatic N) is 1. The molecular formula is C12H9ClN2S2. The van der Waals surface area contributed by atoms with Crippen LogP contribution in [0.4, 0.5) is 5.69 Å². The highest BCUT2D eigenvalue weighted by atomic mass is 35.5. The summed E-state index contributed by atoms with van der Waals surface area (Å²) in [5.74, 6) is 0. The molecule has 1 N–H and O–H groups in total. The van der Waals surface area contributed by atoms with Gasteiger partial charge >= 0.3 is 0 Å². The highest BCUT2D eigenvalue weighted by Crippen LogP contribution is 2.30. The lowest BCUT2D eigenvalue weighted by Crippen LogP contribution is -1.97. The molecule has 2 nitrogen and oxygen atoms in total. The zero-order valence-electron chi connectivity index (χ0n) is 8.81. The Balaban J connectivity index is 1.91. The largest absolute Gasteiger partial charge is 0.379 e. The molecule has 0 saturated carbocycles. The first-order valence-corrected chi connectivity index (χ1v) is 7.26. The van der Waals surface area contributed by atoms with Crippen LogP contribution in [0.25, 0.3) is 10.2 Å². The molecule has 0 radical (unpaired) electrons. The van der Waals surface area contributed by atoms with Crippen molar-refractivity contribution >= 4 is 50.2 Å². The molecule has 0 atom stereocenters. The van der Waals surface area contributed by atoms with Crippen molar-refractivity contribution in [3.8, 4) is 0 Å². The van der Waals surface area contributed by atoms with Gasteiger partial charge in [-0.15, -0.1) is 22.7 Å². The van der Waals surface area contributed by atoms with Gasteiger partial charge in [0.2, 0.25) is 0 Å². The fraction of sp³-hybridized carbons (Fsp3) is 0.0833. The maximum Gasteiger partial charge on any atom is 0.131 e. The summed E-state index contributed by atoms with van der Waals surface area (Å²) >= 11 is 9.42. The molecule has 5 heteroatoms. The van der Waals surface area contributed by atoms with Gasteiger partial charge in [-0.2, -0.15) is 0 Å². The summed E-state index contributed by atoms with van der Waals surface area (Å²) in [6.45, 7) is 0.824. The Labute approximate surface area is 112 Å². The molecule has 0 amide bonds. The predicted octanol–water partition coefficient (Wildman–Crippen LogP) is 4.62. The van der Waals surface area contributed by atoms with E-state index in [-0.39, 0.29) is 0 Å². The molecule has 0 aliphatic heterocycles. The first-order chi connectivity index (χ1) is 8.33. The quantitative estimate of drug-likeness (QED) is 0.708. The fourth-order valence-electron chi connectivity index (χ4n) is 1.65. The molecule has 0 aliphatic carbocycles. The van der Waals surface area contributed by atoms with Crippen LogP contribution in [0, 0.1) is 0 Å². The van der Waals surface area contributed by atoms with Crippen LogP contribution in [-0.2, 0) is 6.54 Å². The summed E-state index contributed by atoms with van der Waals surface area (Å²) in [6, 6.07) is 8.05. The predicted molar refractivity (Wildman–Crippen MR) is 76.3 cm³/mol. The summed E-state index contributed by atoms with van der Waals surface area (Å²) < 4.78 is 1.16. The molecule has 3 heterocycles. The van der Waals surface area contributed by atoms with Gasteiger partial charge in [0, 0.05) is 17.5 Å². The Kier molecular flexibility index (Phi) is 3.01. The molecule has 3 rings (SSSR count). The first-order valence-electron chi connectivity index (χ1n) is 5.13. The molecule has 0 spiro atoms. The molecule has 86 valence electrons. The second-order valence-corrected chi connectivity index (χ2v) is 5.90. The Morgan fingerprint density at radius 2 is 2.18 bits per heavy atom. The fourth-order valence-corrected chi connectivity index (χ4v) is 3.32. The first kappa shape index (κ1) is 11.0. The molecular weight excluding hydrogens is 272 g/mol. The van der Waals surface area contributed by atoms with E-state index < -0.39 is 0 Å². The zero-order chi connectivity index (χ0) is 11.7. The molecule has 0 bridgehead atoms. The normalized spacial score (nSPS) is 10.9. The molecule has 0 fully saturated rings. The van der Waals surface area contributed by atoms with Gasteiger partial charge in [-0.25, -0.2) is 4.98 Å². The van der Waals surface area contributed by atoms with Crippen molar-refractivity contribution < 1.29 is 0 Å². The molecule has 3 aromatic heterocycles. The number of aromatic nitrogens is 1. The van der Waals surface area contributed by atoms with Crippen LogP contribution in [0.1, 0.15) is 4.88 Å². The lowest BCUT2D eigenvalue weighted by Gasteiger charge is -2.06. The maximum absolute atomic E-state index is 6.00. The number of hydrogen-bond acceptors (Lipinski definition) is 4. The SMILES string of the molecule is Clc1cc(NCc2cccs2)c2sccc2n1. The van der Waals surface area contributed by atoms with Crippen molar-refractivity contribution in [3.05, 3.63) is 45.1 Å². The van der Waals surface area contributed by atoms with Crippen LogP contribution >= 0.6 is 34.3 Å². The smallest absolute Gasteiger partial charge is 0.131 e. The van der Waals surface area contributed by atoms with Crippen LogP contribution in [0.5, 0.6) is 0 Å². The number of halogens is 1. The number of nitrogens with one attached hydrogen (secondary N) is 1. The second kappa shape index (κ2) is 4.64. The molecule has 0 aliphatic rings. The average Bonchev–Trinajstić information content (AvgIpc) is 2.95. The number of thiophene rings is 2. The van der Waals surface area contributed by atoms with E-state index in [4.69, 9.17) is 11.6 Å². The number of rotatable bonds is 3. The number of hydrogen-bond donors (Lipinski definition) is 1. The van der Waals surface area contributed by atoms with Crippen molar-refractivity contribution in [1.29, 1.82) is 0 Å². The second-order valence-electron chi connectivity index (χ2n) is 3.56. The Morgan fingerprint density at radius 1 is 1.24 bits per heavy atom. The third-order valence-electron chi connectivity index (χ3n) is 2.41. The van der Waals surface area contributed by atoms with Gasteiger partial charge in [0.1, 0.15) is 5.15 Å². The van der Waals surface area contributed by atoms with Crippen molar-refractivity contribution in [2.24, 2.45) is 0 Å². The Hall–Kier alpha value is -1.10. The number of pyridine rings is 1. The van der Waals surface area contributed by atoms with Crippen molar-refractivity contribution in [2.45, 2.75) is 6.54 Å². The van der Waals surface area contributed by atoms with Gasteiger partial charge in [0.05, 0.1) is 15.9 Å². The highest BCUT2D eigenvalue weighted by molar-refractivity contribution is 7.17. The summed E-state index contributed by atoms with van der Waals surface area (Å²) in [5, 5.41) is 8.06. The van der Waals surface area contributed by atoms with Gasteiger partial charge < -0.3 is 5.32 Å². The minimum atomic E-state index is 0.532. The van der Waals surface area contributed by atoms with Gasteiger partial charge in [0.25, 0.3) is 0 Å². The van der Waals surface area contributed by atoms with E-state index in [0.29, 0.717) is 5.15 Å². The topological polar surface area (TPSA) is 24.9 Å². The van der Waals surface area contributed by atoms with Crippen LogP contribution in [0.15, 0.2) is 35.0 Å². The van der Waals surface area contributed by atoms with Crippen molar-refractivity contribution in [3.63, 3.8) is 0 Å². The van der Waals surface area contributed by atoms with E-state index >= 15 is 0 Å². The van der Waals surface area contributed by atoms with Crippen LogP contribution in [0.3, 0.4) is 0 Å². The van der Waals surface area contributed by atoms with Gasteiger partial charge in [-0.1, -0.05) is 17.7 Å². The van der Waals surface area contributed by atoms with E-state index in [1.807, 2.05) is 17.5 Å². The standard InChI is InChI=1S/C12H9ClN2S2/c13-11-6-10(12-9(15-11)3-5-17-12)14-7-8-2-1-4-16-8/h1-6H,7H2,(H,14,15). The van der Waals surface area contributed by atoms with Crippen molar-refractivity contribution in [2.75, 3.05) is 5.32 Å². The number of fused-ring (bicyclic) bond motifs is 1. The molecule has 17 heavy (non-hydrogen) atoms. The Morgan fingerprint density at radius 3 is 3.00 bits per heavy atom. The van der Waals surface area contributed by atoms with Gasteiger partial charge in [0.15, 0.2) is 0 Å². The summed E-state index contributed by atoms with van der Waals surface area (Å²) in [5.41, 5.74) is 2.01.